The Bertz CT molecular complexity index is 1240. The predicted molar refractivity (Wildman–Crippen MR) is 117 cm³/mol. The van der Waals surface area contributed by atoms with Crippen LogP contribution in [0.1, 0.15) is 37.2 Å². The molecule has 5 rings (SSSR count). The third-order valence-electron chi connectivity index (χ3n) is 7.17. The number of carbonyl (C=O) groups excluding carboxylic acids is 2. The molecule has 0 unspecified atom stereocenters. The van der Waals surface area contributed by atoms with Gasteiger partial charge in [0.25, 0.3) is 5.91 Å². The lowest BCUT2D eigenvalue weighted by molar-refractivity contribution is -0.128. The first-order valence-electron chi connectivity index (χ1n) is 10.9. The summed E-state index contributed by atoms with van der Waals surface area (Å²) in [5.41, 5.74) is 8.27. The maximum atomic E-state index is 12.9. The molecule has 11 heteroatoms. The zero-order chi connectivity index (χ0) is 23.4. The highest BCUT2D eigenvalue weighted by molar-refractivity contribution is 6.02. The van der Waals surface area contributed by atoms with Crippen molar-refractivity contribution in [1.82, 2.24) is 24.3 Å². The molecule has 174 valence electrons. The molecule has 3 aromatic rings. The van der Waals surface area contributed by atoms with E-state index in [1.165, 1.54) is 18.6 Å². The Balaban J connectivity index is 1.48. The van der Waals surface area contributed by atoms with Crippen LogP contribution in [0.5, 0.6) is 0 Å². The zero-order valence-electron chi connectivity index (χ0n) is 18.3. The Labute approximate surface area is 188 Å². The molecule has 0 spiro atoms. The van der Waals surface area contributed by atoms with Crippen molar-refractivity contribution in [2.24, 2.45) is 23.5 Å². The number of carbonyl (C=O) groups is 2. The summed E-state index contributed by atoms with van der Waals surface area (Å²) >= 11 is 0. The Morgan fingerprint density at radius 2 is 1.97 bits per heavy atom. The molecule has 0 radical (unpaired) electrons. The second-order valence-corrected chi connectivity index (χ2v) is 9.04. The Hall–Kier alpha value is -3.50. The van der Waals surface area contributed by atoms with E-state index in [1.54, 1.807) is 23.7 Å². The van der Waals surface area contributed by atoms with Gasteiger partial charge in [0.2, 0.25) is 5.91 Å². The molecule has 4 atom stereocenters. The Kier molecular flexibility index (Phi) is 5.06. The molecule has 1 saturated carbocycles. The lowest BCUT2D eigenvalue weighted by Crippen LogP contribution is -2.33. The first-order chi connectivity index (χ1) is 15.7. The van der Waals surface area contributed by atoms with Gasteiger partial charge in [-0.15, -0.1) is 0 Å². The van der Waals surface area contributed by atoms with Crippen molar-refractivity contribution in [2.75, 3.05) is 18.4 Å². The number of nitrogens with zero attached hydrogens (tertiary/aromatic N) is 5. The van der Waals surface area contributed by atoms with E-state index in [1.807, 2.05) is 4.90 Å². The Morgan fingerprint density at radius 1 is 1.18 bits per heavy atom. The number of halogens is 2. The van der Waals surface area contributed by atoms with Crippen LogP contribution in [0.3, 0.4) is 0 Å². The molecular formula is C22H25F2N7O2. The molecular weight excluding hydrogens is 432 g/mol. The van der Waals surface area contributed by atoms with Gasteiger partial charge in [-0.25, -0.2) is 9.20 Å². The molecule has 2 amide bonds. The van der Waals surface area contributed by atoms with E-state index in [0.29, 0.717) is 38.8 Å². The van der Waals surface area contributed by atoms with Gasteiger partial charge in [0.05, 0.1) is 29.2 Å². The molecule has 2 fully saturated rings. The van der Waals surface area contributed by atoms with Crippen LogP contribution in [0, 0.1) is 17.8 Å². The molecule has 1 saturated heterocycles. The van der Waals surface area contributed by atoms with Gasteiger partial charge in [-0.3, -0.25) is 9.59 Å². The highest BCUT2D eigenvalue weighted by atomic mass is 19.3. The van der Waals surface area contributed by atoms with Gasteiger partial charge in [0.1, 0.15) is 0 Å². The first-order valence-corrected chi connectivity index (χ1v) is 10.9. The van der Waals surface area contributed by atoms with Crippen LogP contribution >= 0.6 is 0 Å². The number of hydrogen-bond donors (Lipinski definition) is 2. The zero-order valence-corrected chi connectivity index (χ0v) is 18.3. The lowest BCUT2D eigenvalue weighted by Gasteiger charge is -2.25. The first kappa shape index (κ1) is 21.4. The summed E-state index contributed by atoms with van der Waals surface area (Å²) in [6.07, 6.45) is 6.63. The van der Waals surface area contributed by atoms with Crippen LogP contribution in [0.2, 0.25) is 0 Å². The second kappa shape index (κ2) is 7.82. The highest BCUT2D eigenvalue weighted by Gasteiger charge is 2.46. The fourth-order valence-corrected chi connectivity index (χ4v) is 5.36. The van der Waals surface area contributed by atoms with Gasteiger partial charge in [-0.1, -0.05) is 6.92 Å². The number of nitrogens with two attached hydrogens (primary N) is 1. The molecule has 3 N–H and O–H groups in total. The molecule has 33 heavy (non-hydrogen) atoms. The van der Waals surface area contributed by atoms with E-state index < -0.39 is 12.5 Å². The SMILES string of the molecule is CC(=O)N1C[C@H]2C[C@@H](Nc3c(C(N)=O)cnn4cc(-c5cnn(C(F)F)c5)cc34)[C@H](C)[C@H]2C1. The summed E-state index contributed by atoms with van der Waals surface area (Å²) in [6.45, 7) is 2.53. The maximum Gasteiger partial charge on any atom is 0.333 e. The quantitative estimate of drug-likeness (QED) is 0.612. The van der Waals surface area contributed by atoms with E-state index in [9.17, 15) is 18.4 Å². The smallest absolute Gasteiger partial charge is 0.333 e. The second-order valence-electron chi connectivity index (χ2n) is 9.04. The van der Waals surface area contributed by atoms with E-state index in [-0.39, 0.29) is 23.4 Å². The largest absolute Gasteiger partial charge is 0.380 e. The van der Waals surface area contributed by atoms with Gasteiger partial charge in [-0.05, 0) is 30.2 Å². The fourth-order valence-electron chi connectivity index (χ4n) is 5.36. The topological polar surface area (TPSA) is 111 Å². The van der Waals surface area contributed by atoms with Crippen LogP contribution in [-0.4, -0.2) is 55.2 Å². The minimum atomic E-state index is -2.73. The molecule has 9 nitrogen and oxygen atoms in total. The van der Waals surface area contributed by atoms with Crippen LogP contribution in [0.15, 0.2) is 30.9 Å². The van der Waals surface area contributed by atoms with Crippen molar-refractivity contribution in [3.8, 4) is 11.1 Å². The van der Waals surface area contributed by atoms with Gasteiger partial charge in [0, 0.05) is 49.6 Å². The minimum absolute atomic E-state index is 0.0957. The number of hydrogen-bond acceptors (Lipinski definition) is 5. The summed E-state index contributed by atoms with van der Waals surface area (Å²) in [6, 6.07) is 1.88. The number of rotatable bonds is 5. The fraction of sp³-hybridized carbons (Fsp3) is 0.455. The summed E-state index contributed by atoms with van der Waals surface area (Å²) in [5.74, 6) is 0.577. The maximum absolute atomic E-state index is 12.9. The predicted octanol–water partition coefficient (Wildman–Crippen LogP) is 2.61. The van der Waals surface area contributed by atoms with Crippen LogP contribution in [-0.2, 0) is 4.79 Å². The molecule has 1 aliphatic heterocycles. The molecule has 1 aliphatic carbocycles. The van der Waals surface area contributed by atoms with Crippen LogP contribution in [0.4, 0.5) is 14.5 Å². The molecule has 0 bridgehead atoms. The highest BCUT2D eigenvalue weighted by Crippen LogP contribution is 2.44. The third kappa shape index (κ3) is 3.61. The van der Waals surface area contributed by atoms with E-state index >= 15 is 0 Å². The average Bonchev–Trinajstić information content (AvgIpc) is 3.52. The number of primary amides is 1. The number of fused-ring (bicyclic) bond motifs is 2. The van der Waals surface area contributed by atoms with Crippen molar-refractivity contribution in [1.29, 1.82) is 0 Å². The van der Waals surface area contributed by atoms with Crippen LogP contribution in [0.25, 0.3) is 16.6 Å². The molecule has 4 heterocycles. The number of alkyl halides is 2. The van der Waals surface area contributed by atoms with E-state index in [0.717, 1.165) is 19.5 Å². The number of amides is 2. The van der Waals surface area contributed by atoms with Gasteiger partial charge in [0.15, 0.2) is 0 Å². The van der Waals surface area contributed by atoms with Crippen molar-refractivity contribution < 1.29 is 18.4 Å². The summed E-state index contributed by atoms with van der Waals surface area (Å²) in [7, 11) is 0. The van der Waals surface area contributed by atoms with Crippen molar-refractivity contribution in [3.63, 3.8) is 0 Å². The van der Waals surface area contributed by atoms with Gasteiger partial charge in [-0.2, -0.15) is 19.0 Å². The standard InChI is InChI=1S/C22H25F2N7O2/c1-11-17-10-29(12(2)32)7-14(17)3-18(11)28-20-16(21(25)33)6-27-30-8-13(4-19(20)30)15-5-26-31(9-15)22(23)24/h4-6,8-9,11,14,17-18,22,28H,3,7,10H2,1-2H3,(H2,25,33)/t11-,14-,17-,18-/m1/s1. The molecule has 0 aromatic carbocycles. The van der Waals surface area contributed by atoms with Crippen LogP contribution < -0.4 is 11.1 Å². The minimum Gasteiger partial charge on any atom is -0.380 e. The van der Waals surface area contributed by atoms with Crippen molar-refractivity contribution in [3.05, 3.63) is 36.4 Å². The number of nitrogens with one attached hydrogen (secondary N) is 1. The molecule has 2 aliphatic rings. The molecule has 3 aromatic heterocycles. The lowest BCUT2D eigenvalue weighted by atomic mass is 9.93. The monoisotopic (exact) mass is 457 g/mol. The van der Waals surface area contributed by atoms with Crippen molar-refractivity contribution in [2.45, 2.75) is 32.9 Å². The van der Waals surface area contributed by atoms with Gasteiger partial charge < -0.3 is 16.0 Å². The Morgan fingerprint density at radius 3 is 2.61 bits per heavy atom. The van der Waals surface area contributed by atoms with E-state index in [4.69, 9.17) is 5.73 Å². The number of likely N-dealkylation sites (tertiary alicyclic amines) is 1. The number of anilines is 1. The van der Waals surface area contributed by atoms with Gasteiger partial charge >= 0.3 is 6.55 Å². The summed E-state index contributed by atoms with van der Waals surface area (Å²) in [4.78, 5) is 25.9. The summed E-state index contributed by atoms with van der Waals surface area (Å²) in [5, 5.41) is 11.5. The third-order valence-corrected chi connectivity index (χ3v) is 7.17. The van der Waals surface area contributed by atoms with Crippen molar-refractivity contribution >= 4 is 23.0 Å². The normalized spacial score (nSPS) is 24.6. The average molecular weight is 457 g/mol. The van der Waals surface area contributed by atoms with E-state index in [2.05, 4.69) is 22.4 Å². The number of aromatic nitrogens is 4. The summed E-state index contributed by atoms with van der Waals surface area (Å²) < 4.78 is 28.1.